The summed E-state index contributed by atoms with van der Waals surface area (Å²) in [4.78, 5) is 27.6. The van der Waals surface area contributed by atoms with E-state index in [0.717, 1.165) is 15.6 Å². The fourth-order valence-corrected chi connectivity index (χ4v) is 3.83. The Labute approximate surface area is 117 Å². The van der Waals surface area contributed by atoms with E-state index < -0.39 is 11.9 Å². The summed E-state index contributed by atoms with van der Waals surface area (Å²) < 4.78 is 0. The third kappa shape index (κ3) is 2.59. The van der Waals surface area contributed by atoms with Crippen LogP contribution in [-0.4, -0.2) is 16.9 Å². The van der Waals surface area contributed by atoms with Crippen LogP contribution in [0.4, 0.5) is 9.80 Å². The molecule has 0 spiro atoms. The van der Waals surface area contributed by atoms with E-state index in [1.807, 2.05) is 12.3 Å². The molecular formula is C11H12N4O2S2. The Bertz CT molecular complexity index is 660. The highest BCUT2D eigenvalue weighted by Crippen LogP contribution is 2.40. The van der Waals surface area contributed by atoms with Crippen molar-refractivity contribution in [2.75, 3.05) is 5.32 Å². The van der Waals surface area contributed by atoms with E-state index in [0.29, 0.717) is 10.6 Å². The van der Waals surface area contributed by atoms with Crippen molar-refractivity contribution >= 4 is 39.6 Å². The molecule has 2 heterocycles. The first-order valence-corrected chi connectivity index (χ1v) is 7.02. The molecule has 0 unspecified atom stereocenters. The lowest BCUT2D eigenvalue weighted by Gasteiger charge is -2.00. The van der Waals surface area contributed by atoms with Gasteiger partial charge in [0.1, 0.15) is 10.0 Å². The van der Waals surface area contributed by atoms with Crippen LogP contribution < -0.4 is 16.8 Å². The number of carbonyl (C=O) groups excluding carboxylic acids is 2. The lowest BCUT2D eigenvalue weighted by Crippen LogP contribution is -2.21. The maximum atomic E-state index is 11.5. The summed E-state index contributed by atoms with van der Waals surface area (Å²) in [6.45, 7) is 3.66. The van der Waals surface area contributed by atoms with E-state index in [-0.39, 0.29) is 5.56 Å². The van der Waals surface area contributed by atoms with Crippen LogP contribution in [-0.2, 0) is 0 Å². The summed E-state index contributed by atoms with van der Waals surface area (Å²) in [5.74, 6) is -0.600. The number of aromatic nitrogens is 1. The van der Waals surface area contributed by atoms with E-state index in [1.54, 1.807) is 6.92 Å². The van der Waals surface area contributed by atoms with Crippen molar-refractivity contribution in [1.82, 2.24) is 4.98 Å². The van der Waals surface area contributed by atoms with E-state index >= 15 is 0 Å². The number of carbonyl (C=O) groups is 2. The number of nitrogens with two attached hydrogens (primary N) is 2. The third-order valence-corrected chi connectivity index (χ3v) is 4.76. The largest absolute Gasteiger partial charge is 0.365 e. The Kier molecular flexibility index (Phi) is 3.54. The molecule has 0 radical (unpaired) electrons. The van der Waals surface area contributed by atoms with Crippen molar-refractivity contribution in [2.24, 2.45) is 11.5 Å². The Morgan fingerprint density at radius 2 is 2.00 bits per heavy atom. The van der Waals surface area contributed by atoms with E-state index in [4.69, 9.17) is 11.5 Å². The molecule has 3 amide bonds. The lowest BCUT2D eigenvalue weighted by molar-refractivity contribution is 0.100. The van der Waals surface area contributed by atoms with Crippen LogP contribution in [0.3, 0.4) is 0 Å². The number of hydrogen-bond acceptors (Lipinski definition) is 5. The second-order valence-corrected chi connectivity index (χ2v) is 5.79. The van der Waals surface area contributed by atoms with Gasteiger partial charge in [-0.3, -0.25) is 10.1 Å². The topological polar surface area (TPSA) is 111 Å². The summed E-state index contributed by atoms with van der Waals surface area (Å²) in [5.41, 5.74) is 12.3. The van der Waals surface area contributed by atoms with Gasteiger partial charge < -0.3 is 11.5 Å². The first-order chi connectivity index (χ1) is 8.90. The van der Waals surface area contributed by atoms with Gasteiger partial charge in [-0.2, -0.15) is 0 Å². The molecule has 100 valence electrons. The first-order valence-electron chi connectivity index (χ1n) is 5.32. The summed E-state index contributed by atoms with van der Waals surface area (Å²) in [6, 6.07) is -0.731. The lowest BCUT2D eigenvalue weighted by atomic mass is 10.1. The molecule has 2 aromatic heterocycles. The number of thiazole rings is 1. The molecule has 0 bridgehead atoms. The predicted molar refractivity (Wildman–Crippen MR) is 76.6 cm³/mol. The predicted octanol–water partition coefficient (Wildman–Crippen LogP) is 2.08. The smallest absolute Gasteiger partial charge is 0.317 e. The molecule has 0 fully saturated rings. The molecule has 0 aliphatic rings. The zero-order valence-corrected chi connectivity index (χ0v) is 11.9. The van der Waals surface area contributed by atoms with Crippen LogP contribution in [0.5, 0.6) is 0 Å². The molecule has 0 saturated carbocycles. The number of urea groups is 1. The van der Waals surface area contributed by atoms with Crippen LogP contribution in [0.2, 0.25) is 0 Å². The summed E-state index contributed by atoms with van der Waals surface area (Å²) in [5, 5.41) is 5.50. The Morgan fingerprint density at radius 1 is 1.32 bits per heavy atom. The van der Waals surface area contributed by atoms with Crippen LogP contribution in [0.1, 0.15) is 21.6 Å². The van der Waals surface area contributed by atoms with Gasteiger partial charge in [0.15, 0.2) is 0 Å². The van der Waals surface area contributed by atoms with Gasteiger partial charge >= 0.3 is 6.03 Å². The average molecular weight is 296 g/mol. The molecule has 19 heavy (non-hydrogen) atoms. The van der Waals surface area contributed by atoms with Crippen LogP contribution in [0.15, 0.2) is 5.38 Å². The summed E-state index contributed by atoms with van der Waals surface area (Å²) in [6.07, 6.45) is 0. The Morgan fingerprint density at radius 3 is 2.47 bits per heavy atom. The number of primary amides is 2. The summed E-state index contributed by atoms with van der Waals surface area (Å²) >= 11 is 2.72. The second-order valence-electron chi connectivity index (χ2n) is 3.91. The number of thiophene rings is 1. The first kappa shape index (κ1) is 13.5. The molecule has 2 aromatic rings. The molecule has 0 saturated heterocycles. The van der Waals surface area contributed by atoms with Gasteiger partial charge in [-0.25, -0.2) is 9.78 Å². The van der Waals surface area contributed by atoms with Crippen molar-refractivity contribution in [3.05, 3.63) is 22.2 Å². The normalized spacial score (nSPS) is 10.4. The van der Waals surface area contributed by atoms with Crippen LogP contribution >= 0.6 is 22.7 Å². The van der Waals surface area contributed by atoms with Gasteiger partial charge in [-0.15, -0.1) is 22.7 Å². The highest BCUT2D eigenvalue weighted by atomic mass is 32.1. The molecule has 2 rings (SSSR count). The molecule has 0 aliphatic heterocycles. The van der Waals surface area contributed by atoms with Crippen LogP contribution in [0, 0.1) is 13.8 Å². The average Bonchev–Trinajstić information content (AvgIpc) is 2.82. The second kappa shape index (κ2) is 4.98. The highest BCUT2D eigenvalue weighted by molar-refractivity contribution is 7.24. The van der Waals surface area contributed by atoms with Gasteiger partial charge in [-0.05, 0) is 19.4 Å². The Hall–Kier alpha value is -1.93. The number of anilines is 1. The molecule has 0 atom stereocenters. The van der Waals surface area contributed by atoms with Crippen molar-refractivity contribution in [3.63, 3.8) is 0 Å². The van der Waals surface area contributed by atoms with Crippen molar-refractivity contribution in [1.29, 1.82) is 0 Å². The van der Waals surface area contributed by atoms with Crippen molar-refractivity contribution in [3.8, 4) is 9.88 Å². The minimum atomic E-state index is -0.731. The summed E-state index contributed by atoms with van der Waals surface area (Å²) in [7, 11) is 0. The monoisotopic (exact) mass is 296 g/mol. The number of nitrogens with one attached hydrogen (secondary N) is 1. The standard InChI is InChI=1S/C11H12N4O2S2/c1-4-3-18-10(14-4)7-5(2)6(8(12)16)9(19-7)15-11(13)17/h3H,1-2H3,(H2,12,16)(H3,13,15,17). The Balaban J connectivity index is 2.57. The number of hydrogen-bond donors (Lipinski definition) is 3. The number of aryl methyl sites for hydroxylation is 1. The van der Waals surface area contributed by atoms with E-state index in [1.165, 1.54) is 22.7 Å². The van der Waals surface area contributed by atoms with Gasteiger partial charge in [0.25, 0.3) is 5.91 Å². The fourth-order valence-electron chi connectivity index (χ4n) is 1.67. The van der Waals surface area contributed by atoms with Gasteiger partial charge in [0.05, 0.1) is 10.4 Å². The third-order valence-electron chi connectivity index (χ3n) is 2.44. The molecule has 0 aliphatic carbocycles. The number of rotatable bonds is 3. The maximum absolute atomic E-state index is 11.5. The number of nitrogens with zero attached hydrogens (tertiary/aromatic N) is 1. The van der Waals surface area contributed by atoms with Crippen molar-refractivity contribution < 1.29 is 9.59 Å². The zero-order valence-electron chi connectivity index (χ0n) is 10.3. The number of amides is 3. The minimum Gasteiger partial charge on any atom is -0.365 e. The van der Waals surface area contributed by atoms with Gasteiger partial charge in [0, 0.05) is 11.1 Å². The zero-order chi connectivity index (χ0) is 14.2. The van der Waals surface area contributed by atoms with Crippen molar-refractivity contribution in [2.45, 2.75) is 13.8 Å². The molecule has 5 N–H and O–H groups in total. The van der Waals surface area contributed by atoms with Gasteiger partial charge in [0.2, 0.25) is 0 Å². The van der Waals surface area contributed by atoms with E-state index in [9.17, 15) is 9.59 Å². The SMILES string of the molecule is Cc1csc(-c2sc(NC(N)=O)c(C(N)=O)c2C)n1. The minimum absolute atomic E-state index is 0.284. The van der Waals surface area contributed by atoms with E-state index in [2.05, 4.69) is 10.3 Å². The quantitative estimate of drug-likeness (QED) is 0.806. The molecular weight excluding hydrogens is 284 g/mol. The molecule has 0 aromatic carbocycles. The molecule has 8 heteroatoms. The van der Waals surface area contributed by atoms with Crippen LogP contribution in [0.25, 0.3) is 9.88 Å². The fraction of sp³-hybridized carbons (Fsp3) is 0.182. The molecule has 6 nitrogen and oxygen atoms in total. The van der Waals surface area contributed by atoms with Gasteiger partial charge in [-0.1, -0.05) is 0 Å². The maximum Gasteiger partial charge on any atom is 0.317 e. The highest BCUT2D eigenvalue weighted by Gasteiger charge is 2.22.